The Bertz CT molecular complexity index is 1940. The number of hydrogen-bond donors (Lipinski definition) is 1. The second kappa shape index (κ2) is 12.1. The third-order valence-corrected chi connectivity index (χ3v) is 10.9. The number of aryl methyl sites for hydroxylation is 2. The van der Waals surface area contributed by atoms with E-state index in [1.165, 1.54) is 27.3 Å². The highest BCUT2D eigenvalue weighted by molar-refractivity contribution is 7.89. The van der Waals surface area contributed by atoms with Crippen molar-refractivity contribution in [3.8, 4) is 11.6 Å². The van der Waals surface area contributed by atoms with Gasteiger partial charge in [-0.2, -0.15) is 13.1 Å². The van der Waals surface area contributed by atoms with Crippen LogP contribution in [0.15, 0.2) is 53.6 Å². The van der Waals surface area contributed by atoms with Crippen LogP contribution in [0.5, 0.6) is 11.6 Å². The summed E-state index contributed by atoms with van der Waals surface area (Å²) in [5, 5.41) is 18.4. The fourth-order valence-corrected chi connectivity index (χ4v) is 8.04. The first kappa shape index (κ1) is 32.7. The summed E-state index contributed by atoms with van der Waals surface area (Å²) in [5.41, 5.74) is 0.500. The minimum atomic E-state index is -4.07. The van der Waals surface area contributed by atoms with E-state index >= 15 is 0 Å². The van der Waals surface area contributed by atoms with Gasteiger partial charge in [-0.05, 0) is 67.3 Å². The lowest BCUT2D eigenvalue weighted by molar-refractivity contribution is -0.147. The molecule has 1 saturated heterocycles. The fourth-order valence-electron chi connectivity index (χ4n) is 6.48. The van der Waals surface area contributed by atoms with Gasteiger partial charge in [-0.15, -0.1) is 5.10 Å². The molecule has 47 heavy (non-hydrogen) atoms. The van der Waals surface area contributed by atoms with Gasteiger partial charge in [0, 0.05) is 38.5 Å². The summed E-state index contributed by atoms with van der Waals surface area (Å²) >= 11 is 0. The van der Waals surface area contributed by atoms with E-state index in [1.54, 1.807) is 51.2 Å². The van der Waals surface area contributed by atoms with Crippen LogP contribution < -0.4 is 9.47 Å². The number of ether oxygens (including phenoxy) is 3. The first-order chi connectivity index (χ1) is 22.2. The van der Waals surface area contributed by atoms with E-state index in [2.05, 4.69) is 15.3 Å². The highest BCUT2D eigenvalue weighted by Gasteiger charge is 2.46. The molecular weight excluding hydrogens is 636 g/mol. The molecule has 4 aromatic rings. The van der Waals surface area contributed by atoms with Gasteiger partial charge in [0.05, 0.1) is 25.2 Å². The van der Waals surface area contributed by atoms with Crippen LogP contribution in [0.1, 0.15) is 54.9 Å². The van der Waals surface area contributed by atoms with Crippen molar-refractivity contribution in [3.63, 3.8) is 0 Å². The summed E-state index contributed by atoms with van der Waals surface area (Å²) < 4.78 is 74.7. The van der Waals surface area contributed by atoms with Gasteiger partial charge in [0.15, 0.2) is 5.75 Å². The van der Waals surface area contributed by atoms with Crippen LogP contribution in [0.3, 0.4) is 0 Å². The van der Waals surface area contributed by atoms with E-state index < -0.39 is 39.5 Å². The van der Waals surface area contributed by atoms with Crippen LogP contribution in [0.2, 0.25) is 0 Å². The number of aliphatic carboxylic acids is 1. The largest absolute Gasteiger partial charge is 0.481 e. The Morgan fingerprint density at radius 1 is 1.15 bits per heavy atom. The van der Waals surface area contributed by atoms with E-state index in [1.807, 2.05) is 6.92 Å². The van der Waals surface area contributed by atoms with Crippen molar-refractivity contribution in [2.75, 3.05) is 19.8 Å². The Morgan fingerprint density at radius 2 is 1.89 bits per heavy atom. The molecule has 0 radical (unpaired) electrons. The topological polar surface area (TPSA) is 146 Å². The van der Waals surface area contributed by atoms with Crippen molar-refractivity contribution >= 4 is 27.0 Å². The lowest BCUT2D eigenvalue weighted by Gasteiger charge is -2.38. The molecule has 15 heteroatoms. The van der Waals surface area contributed by atoms with Gasteiger partial charge in [0.25, 0.3) is 0 Å². The second-order valence-electron chi connectivity index (χ2n) is 12.6. The van der Waals surface area contributed by atoms with Gasteiger partial charge in [0.1, 0.15) is 21.5 Å². The van der Waals surface area contributed by atoms with Crippen LogP contribution >= 0.6 is 0 Å². The maximum Gasteiger partial charge on any atom is 0.387 e. The van der Waals surface area contributed by atoms with E-state index in [9.17, 15) is 27.1 Å². The maximum atomic E-state index is 14.1. The normalized spacial score (nSPS) is 18.4. The number of carboxylic acids is 1. The highest BCUT2D eigenvalue weighted by Crippen LogP contribution is 2.45. The number of sulfonamides is 1. The van der Waals surface area contributed by atoms with E-state index in [4.69, 9.17) is 14.2 Å². The highest BCUT2D eigenvalue weighted by atomic mass is 32.2. The van der Waals surface area contributed by atoms with E-state index in [0.29, 0.717) is 42.7 Å². The number of benzene rings is 2. The number of aromatic nitrogens is 4. The molecular formula is C32H35F2N5O7S. The van der Waals surface area contributed by atoms with E-state index in [-0.39, 0.29) is 40.6 Å². The molecule has 2 aliphatic heterocycles. The maximum absolute atomic E-state index is 14.1. The summed E-state index contributed by atoms with van der Waals surface area (Å²) in [6.07, 6.45) is 2.43. The molecule has 4 heterocycles. The number of fused-ring (bicyclic) bond motifs is 2. The molecule has 2 aromatic carbocycles. The molecule has 0 bridgehead atoms. The molecule has 1 fully saturated rings. The number of alkyl halides is 2. The van der Waals surface area contributed by atoms with Crippen LogP contribution in [0.25, 0.3) is 11.0 Å². The SMILES string of the molecule is Cc1ccc([C@@H](c2cc(OC(F)F)c3c(c2)nnn3C)C(C)(C)C(=O)O)cc1CN1CC2(CCOCC2)Oc2ncccc2S1(=O)=O. The lowest BCUT2D eigenvalue weighted by Crippen LogP contribution is -2.50. The number of nitrogens with zero attached hydrogens (tertiary/aromatic N) is 5. The Balaban J connectivity index is 1.46. The minimum Gasteiger partial charge on any atom is -0.481 e. The van der Waals surface area contributed by atoms with Crippen molar-refractivity contribution in [3.05, 3.63) is 70.9 Å². The average Bonchev–Trinajstić information content (AvgIpc) is 3.35. The molecule has 1 atom stereocenters. The molecule has 0 amide bonds. The van der Waals surface area contributed by atoms with Crippen molar-refractivity contribution in [2.45, 2.75) is 63.2 Å². The number of hydrogen-bond acceptors (Lipinski definition) is 9. The molecule has 0 unspecified atom stereocenters. The summed E-state index contributed by atoms with van der Waals surface area (Å²) in [5.74, 6) is -2.16. The van der Waals surface area contributed by atoms with Crippen molar-refractivity contribution in [1.29, 1.82) is 0 Å². The fraction of sp³-hybridized carbons (Fsp3) is 0.438. The third-order valence-electron chi connectivity index (χ3n) is 9.10. The second-order valence-corrected chi connectivity index (χ2v) is 14.5. The average molecular weight is 672 g/mol. The number of carboxylic acid groups (broad SMARTS) is 1. The predicted molar refractivity (Wildman–Crippen MR) is 165 cm³/mol. The molecule has 6 rings (SSSR count). The van der Waals surface area contributed by atoms with Crippen molar-refractivity contribution in [2.24, 2.45) is 12.5 Å². The summed E-state index contributed by atoms with van der Waals surface area (Å²) in [6.45, 7) is 2.63. The minimum absolute atomic E-state index is 0.0362. The molecule has 0 saturated carbocycles. The first-order valence-electron chi connectivity index (χ1n) is 15.0. The third kappa shape index (κ3) is 6.03. The zero-order chi connectivity index (χ0) is 33.7. The zero-order valence-electron chi connectivity index (χ0n) is 26.3. The van der Waals surface area contributed by atoms with Gasteiger partial charge < -0.3 is 19.3 Å². The Labute approximate surface area is 270 Å². The number of carbonyl (C=O) groups is 1. The quantitative estimate of drug-likeness (QED) is 0.281. The van der Waals surface area contributed by atoms with E-state index in [0.717, 1.165) is 5.56 Å². The van der Waals surface area contributed by atoms with Crippen molar-refractivity contribution < 1.29 is 41.3 Å². The van der Waals surface area contributed by atoms with Crippen LogP contribution in [0.4, 0.5) is 8.78 Å². The van der Waals surface area contributed by atoms with Crippen molar-refractivity contribution in [1.82, 2.24) is 24.3 Å². The molecule has 0 aliphatic carbocycles. The van der Waals surface area contributed by atoms with Gasteiger partial charge in [0.2, 0.25) is 15.9 Å². The smallest absolute Gasteiger partial charge is 0.387 e. The lowest BCUT2D eigenvalue weighted by atomic mass is 9.70. The molecule has 250 valence electrons. The van der Waals surface area contributed by atoms with Gasteiger partial charge in [-0.25, -0.2) is 18.1 Å². The van der Waals surface area contributed by atoms with Gasteiger partial charge >= 0.3 is 12.6 Å². The van der Waals surface area contributed by atoms with Gasteiger partial charge in [-0.1, -0.05) is 23.4 Å². The Morgan fingerprint density at radius 3 is 2.60 bits per heavy atom. The molecule has 2 aliphatic rings. The molecule has 12 nitrogen and oxygen atoms in total. The van der Waals surface area contributed by atoms with Gasteiger partial charge in [-0.3, -0.25) is 4.79 Å². The molecule has 1 spiro atoms. The summed E-state index contributed by atoms with van der Waals surface area (Å²) in [6, 6.07) is 11.4. The molecule has 1 N–H and O–H groups in total. The van der Waals surface area contributed by atoms with Crippen LogP contribution in [-0.2, 0) is 33.1 Å². The number of pyridine rings is 1. The number of halogens is 2. The summed E-state index contributed by atoms with van der Waals surface area (Å²) in [7, 11) is -2.53. The Kier molecular flexibility index (Phi) is 8.43. The first-order valence-corrected chi connectivity index (χ1v) is 16.5. The molecule has 2 aromatic heterocycles. The van der Waals surface area contributed by atoms with Crippen LogP contribution in [-0.4, -0.2) is 75.7 Å². The monoisotopic (exact) mass is 671 g/mol. The van der Waals surface area contributed by atoms with Crippen LogP contribution in [0, 0.1) is 12.3 Å². The predicted octanol–water partition coefficient (Wildman–Crippen LogP) is 4.65. The number of rotatable bonds is 8. The summed E-state index contributed by atoms with van der Waals surface area (Å²) in [4.78, 5) is 16.9. The Hall–Kier alpha value is -4.21. The standard InChI is InChI=1S/C32H35F2N5O7S/c1-19-7-8-20(26(31(2,3)29(40)41)21-15-23-27(38(4)37-36-23)24(16-21)45-30(33)34)14-22(19)17-39-18-32(9-12-44-13-10-32)46-28-25(47(39,42)43)6-5-11-35-28/h5-8,11,14-16,26,30H,9-10,12-13,17-18H2,1-4H3,(H,40,41)/t26-/m0/s1. The zero-order valence-corrected chi connectivity index (χ0v) is 27.1.